The Hall–Kier alpha value is -3.00. The number of hydrogen-bond acceptors (Lipinski definition) is 5. The van der Waals surface area contributed by atoms with Crippen molar-refractivity contribution in [3.63, 3.8) is 0 Å². The van der Waals surface area contributed by atoms with E-state index in [2.05, 4.69) is 22.5 Å². The molecule has 8 heteroatoms. The first-order chi connectivity index (χ1) is 14.8. The van der Waals surface area contributed by atoms with Gasteiger partial charge in [-0.3, -0.25) is 19.0 Å². The molecular weight excluding hydrogens is 412 g/mol. The normalized spacial score (nSPS) is 15.5. The minimum Gasteiger partial charge on any atom is -0.345 e. The molecule has 4 rings (SSSR count). The van der Waals surface area contributed by atoms with Crippen molar-refractivity contribution in [2.24, 2.45) is 5.92 Å². The number of thiophene rings is 1. The van der Waals surface area contributed by atoms with Gasteiger partial charge in [0, 0.05) is 10.6 Å². The Kier molecular flexibility index (Phi) is 5.91. The van der Waals surface area contributed by atoms with Crippen molar-refractivity contribution >= 4 is 39.1 Å². The standard InChI is InChI=1S/C23H26N4O3S/c1-13-7-8-16-18(9-13)31-22-21(16)23(30)27(12-25-22)11-20(29)24-10-19(28)26-17-6-4-5-14(2)15(17)3/h4-6,12-13H,7-11H2,1-3H3,(H,24,29)(H,26,28). The van der Waals surface area contributed by atoms with E-state index in [9.17, 15) is 14.4 Å². The van der Waals surface area contributed by atoms with Gasteiger partial charge in [-0.1, -0.05) is 19.1 Å². The van der Waals surface area contributed by atoms with Crippen LogP contribution in [0.2, 0.25) is 0 Å². The molecule has 0 fully saturated rings. The van der Waals surface area contributed by atoms with Crippen LogP contribution < -0.4 is 16.2 Å². The van der Waals surface area contributed by atoms with Crippen molar-refractivity contribution < 1.29 is 9.59 Å². The Bertz CT molecular complexity index is 1230. The van der Waals surface area contributed by atoms with E-state index in [-0.39, 0.29) is 24.6 Å². The molecular formula is C23H26N4O3S. The lowest BCUT2D eigenvalue weighted by Crippen LogP contribution is -2.37. The highest BCUT2D eigenvalue weighted by atomic mass is 32.1. The van der Waals surface area contributed by atoms with E-state index in [1.54, 1.807) is 11.3 Å². The number of hydrogen-bond donors (Lipinski definition) is 2. The first-order valence-corrected chi connectivity index (χ1v) is 11.3. The van der Waals surface area contributed by atoms with Gasteiger partial charge >= 0.3 is 0 Å². The summed E-state index contributed by atoms with van der Waals surface area (Å²) in [4.78, 5) is 44.0. The monoisotopic (exact) mass is 438 g/mol. The summed E-state index contributed by atoms with van der Waals surface area (Å²) in [5.41, 5.74) is 3.70. The van der Waals surface area contributed by atoms with Gasteiger partial charge in [0.2, 0.25) is 11.8 Å². The van der Waals surface area contributed by atoms with Gasteiger partial charge in [-0.05, 0) is 61.8 Å². The fourth-order valence-electron chi connectivity index (χ4n) is 3.95. The lowest BCUT2D eigenvalue weighted by Gasteiger charge is -2.17. The van der Waals surface area contributed by atoms with Crippen LogP contribution in [0.15, 0.2) is 29.3 Å². The molecule has 1 unspecified atom stereocenters. The molecule has 162 valence electrons. The number of aryl methyl sites for hydroxylation is 2. The predicted octanol–water partition coefficient (Wildman–Crippen LogP) is 2.95. The Morgan fingerprint density at radius 2 is 2.06 bits per heavy atom. The second-order valence-electron chi connectivity index (χ2n) is 8.28. The maximum atomic E-state index is 13.0. The minimum absolute atomic E-state index is 0.164. The van der Waals surface area contributed by atoms with E-state index in [0.29, 0.717) is 11.3 Å². The summed E-state index contributed by atoms with van der Waals surface area (Å²) in [6.07, 6.45) is 4.34. The summed E-state index contributed by atoms with van der Waals surface area (Å²) < 4.78 is 1.32. The van der Waals surface area contributed by atoms with E-state index in [0.717, 1.165) is 46.5 Å². The Morgan fingerprint density at radius 1 is 1.26 bits per heavy atom. The molecule has 1 aliphatic rings. The largest absolute Gasteiger partial charge is 0.345 e. The van der Waals surface area contributed by atoms with Crippen molar-refractivity contribution in [2.75, 3.05) is 11.9 Å². The average Bonchev–Trinajstić information content (AvgIpc) is 3.10. The molecule has 2 N–H and O–H groups in total. The third-order valence-electron chi connectivity index (χ3n) is 5.92. The van der Waals surface area contributed by atoms with Gasteiger partial charge in [-0.25, -0.2) is 4.98 Å². The number of carbonyl (C=O) groups is 2. The highest BCUT2D eigenvalue weighted by molar-refractivity contribution is 7.18. The Balaban J connectivity index is 1.42. The highest BCUT2D eigenvalue weighted by Crippen LogP contribution is 2.35. The first kappa shape index (κ1) is 21.2. The topological polar surface area (TPSA) is 93.1 Å². The van der Waals surface area contributed by atoms with Crippen LogP contribution >= 0.6 is 11.3 Å². The Morgan fingerprint density at radius 3 is 2.87 bits per heavy atom. The van der Waals surface area contributed by atoms with Crippen molar-refractivity contribution in [1.82, 2.24) is 14.9 Å². The third kappa shape index (κ3) is 4.39. The molecule has 3 aromatic rings. The van der Waals surface area contributed by atoms with Gasteiger partial charge < -0.3 is 10.6 Å². The van der Waals surface area contributed by atoms with E-state index in [4.69, 9.17) is 0 Å². The molecule has 2 heterocycles. The molecule has 0 saturated heterocycles. The molecule has 7 nitrogen and oxygen atoms in total. The van der Waals surface area contributed by atoms with Crippen molar-refractivity contribution in [3.05, 3.63) is 56.4 Å². The van der Waals surface area contributed by atoms with Crippen LogP contribution in [-0.4, -0.2) is 27.9 Å². The molecule has 31 heavy (non-hydrogen) atoms. The molecule has 1 aliphatic carbocycles. The smallest absolute Gasteiger partial charge is 0.262 e. The van der Waals surface area contributed by atoms with Gasteiger partial charge in [-0.2, -0.15) is 0 Å². The zero-order valence-corrected chi connectivity index (χ0v) is 18.8. The van der Waals surface area contributed by atoms with Crippen LogP contribution in [0, 0.1) is 19.8 Å². The molecule has 1 atom stereocenters. The van der Waals surface area contributed by atoms with Crippen LogP contribution in [0.3, 0.4) is 0 Å². The van der Waals surface area contributed by atoms with Crippen LogP contribution in [0.25, 0.3) is 10.2 Å². The van der Waals surface area contributed by atoms with Gasteiger partial charge in [0.1, 0.15) is 11.4 Å². The zero-order chi connectivity index (χ0) is 22.1. The van der Waals surface area contributed by atoms with E-state index in [1.165, 1.54) is 15.8 Å². The van der Waals surface area contributed by atoms with Crippen molar-refractivity contribution in [2.45, 2.75) is 46.6 Å². The number of anilines is 1. The van der Waals surface area contributed by atoms with Gasteiger partial charge in [0.25, 0.3) is 5.56 Å². The van der Waals surface area contributed by atoms with Gasteiger partial charge in [0.05, 0.1) is 18.3 Å². The fourth-order valence-corrected chi connectivity index (χ4v) is 5.29. The number of carbonyl (C=O) groups excluding carboxylic acids is 2. The lowest BCUT2D eigenvalue weighted by atomic mass is 9.89. The highest BCUT2D eigenvalue weighted by Gasteiger charge is 2.23. The lowest BCUT2D eigenvalue weighted by molar-refractivity contribution is -0.124. The molecule has 0 saturated carbocycles. The molecule has 0 spiro atoms. The third-order valence-corrected chi connectivity index (χ3v) is 7.08. The molecule has 1 aromatic carbocycles. The molecule has 0 bridgehead atoms. The molecule has 2 aromatic heterocycles. The van der Waals surface area contributed by atoms with Crippen LogP contribution in [-0.2, 0) is 29.0 Å². The summed E-state index contributed by atoms with van der Waals surface area (Å²) in [5.74, 6) is -0.107. The summed E-state index contributed by atoms with van der Waals surface area (Å²) >= 11 is 1.58. The minimum atomic E-state index is -0.405. The number of fused-ring (bicyclic) bond motifs is 3. The summed E-state index contributed by atoms with van der Waals surface area (Å²) in [5, 5.41) is 6.04. The second-order valence-corrected chi connectivity index (χ2v) is 9.37. The molecule has 0 aliphatic heterocycles. The van der Waals surface area contributed by atoms with Crippen LogP contribution in [0.5, 0.6) is 0 Å². The molecule has 2 amide bonds. The van der Waals surface area contributed by atoms with Crippen LogP contribution in [0.4, 0.5) is 5.69 Å². The van der Waals surface area contributed by atoms with Crippen molar-refractivity contribution in [1.29, 1.82) is 0 Å². The van der Waals surface area contributed by atoms with E-state index >= 15 is 0 Å². The average molecular weight is 439 g/mol. The van der Waals surface area contributed by atoms with E-state index in [1.807, 2.05) is 32.0 Å². The SMILES string of the molecule is Cc1cccc(NC(=O)CNC(=O)Cn2cnc3sc4c(c3c2=O)CCC(C)C4)c1C. The maximum Gasteiger partial charge on any atom is 0.262 e. The number of aromatic nitrogens is 2. The predicted molar refractivity (Wildman–Crippen MR) is 123 cm³/mol. The number of amides is 2. The second kappa shape index (κ2) is 8.63. The first-order valence-electron chi connectivity index (χ1n) is 10.5. The van der Waals surface area contributed by atoms with Crippen LogP contribution in [0.1, 0.15) is 34.9 Å². The zero-order valence-electron chi connectivity index (χ0n) is 17.9. The Labute approximate surface area is 184 Å². The number of rotatable bonds is 5. The quantitative estimate of drug-likeness (QED) is 0.641. The van der Waals surface area contributed by atoms with E-state index < -0.39 is 5.91 Å². The summed E-state index contributed by atoms with van der Waals surface area (Å²) in [6.45, 7) is 5.80. The van der Waals surface area contributed by atoms with Gasteiger partial charge in [-0.15, -0.1) is 11.3 Å². The molecule has 0 radical (unpaired) electrons. The number of nitrogens with one attached hydrogen (secondary N) is 2. The van der Waals surface area contributed by atoms with Crippen molar-refractivity contribution in [3.8, 4) is 0 Å². The number of nitrogens with zero attached hydrogens (tertiary/aromatic N) is 2. The number of benzene rings is 1. The summed E-state index contributed by atoms with van der Waals surface area (Å²) in [7, 11) is 0. The fraction of sp³-hybridized carbons (Fsp3) is 0.391. The maximum absolute atomic E-state index is 13.0. The summed E-state index contributed by atoms with van der Waals surface area (Å²) in [6, 6.07) is 5.67. The van der Waals surface area contributed by atoms with Gasteiger partial charge in [0.15, 0.2) is 0 Å².